The van der Waals surface area contributed by atoms with Crippen LogP contribution in [0.3, 0.4) is 0 Å². The average molecular weight is 238 g/mol. The van der Waals surface area contributed by atoms with Crippen LogP contribution < -0.4 is 10.6 Å². The molecule has 2 rings (SSSR count). The van der Waals surface area contributed by atoms with Gasteiger partial charge in [-0.2, -0.15) is 0 Å². The van der Waals surface area contributed by atoms with Crippen LogP contribution in [-0.4, -0.2) is 18.5 Å². The van der Waals surface area contributed by atoms with E-state index in [1.807, 2.05) is 0 Å². The molecule has 0 spiro atoms. The average Bonchev–Trinajstić information content (AvgIpc) is 2.73. The minimum Gasteiger partial charge on any atom is -0.350 e. The SMILES string of the molecule is Cc1ccc(CNC(=O)[C@@H]2CCCCN2)s1. The molecule has 3 nitrogen and oxygen atoms in total. The molecule has 16 heavy (non-hydrogen) atoms. The topological polar surface area (TPSA) is 41.1 Å². The predicted octanol–water partition coefficient (Wildman–Crippen LogP) is 1.81. The van der Waals surface area contributed by atoms with E-state index < -0.39 is 0 Å². The Balaban J connectivity index is 1.78. The van der Waals surface area contributed by atoms with E-state index in [-0.39, 0.29) is 11.9 Å². The minimum atomic E-state index is 0.0230. The van der Waals surface area contributed by atoms with Crippen LogP contribution in [0.1, 0.15) is 29.0 Å². The molecular formula is C12H18N2OS. The van der Waals surface area contributed by atoms with Gasteiger partial charge >= 0.3 is 0 Å². The normalized spacial score (nSPS) is 20.7. The maximum Gasteiger partial charge on any atom is 0.237 e. The molecule has 2 N–H and O–H groups in total. The monoisotopic (exact) mass is 238 g/mol. The van der Waals surface area contributed by atoms with E-state index in [9.17, 15) is 4.79 Å². The third kappa shape index (κ3) is 3.06. The minimum absolute atomic E-state index is 0.0230. The molecule has 2 heterocycles. The summed E-state index contributed by atoms with van der Waals surface area (Å²) >= 11 is 1.74. The van der Waals surface area contributed by atoms with Gasteiger partial charge in [-0.05, 0) is 38.4 Å². The van der Waals surface area contributed by atoms with E-state index in [4.69, 9.17) is 0 Å². The summed E-state index contributed by atoms with van der Waals surface area (Å²) in [6.45, 7) is 3.71. The van der Waals surface area contributed by atoms with Crippen molar-refractivity contribution in [3.05, 3.63) is 21.9 Å². The van der Waals surface area contributed by atoms with Gasteiger partial charge in [-0.15, -0.1) is 11.3 Å². The van der Waals surface area contributed by atoms with Crippen molar-refractivity contribution in [2.24, 2.45) is 0 Å². The maximum atomic E-state index is 11.8. The smallest absolute Gasteiger partial charge is 0.237 e. The Morgan fingerprint density at radius 1 is 1.56 bits per heavy atom. The van der Waals surface area contributed by atoms with Crippen molar-refractivity contribution >= 4 is 17.2 Å². The number of amides is 1. The van der Waals surface area contributed by atoms with Gasteiger partial charge in [0.05, 0.1) is 12.6 Å². The Kier molecular flexibility index (Phi) is 3.96. The lowest BCUT2D eigenvalue weighted by atomic mass is 10.0. The summed E-state index contributed by atoms with van der Waals surface area (Å²) in [6, 6.07) is 4.19. The largest absolute Gasteiger partial charge is 0.350 e. The number of carbonyl (C=O) groups is 1. The van der Waals surface area contributed by atoms with E-state index in [0.29, 0.717) is 6.54 Å². The van der Waals surface area contributed by atoms with Gasteiger partial charge in [-0.1, -0.05) is 6.42 Å². The Labute approximate surface area is 100 Å². The molecule has 1 saturated heterocycles. The summed E-state index contributed by atoms with van der Waals surface area (Å²) < 4.78 is 0. The molecule has 1 amide bonds. The van der Waals surface area contributed by atoms with Crippen molar-refractivity contribution in [3.63, 3.8) is 0 Å². The molecule has 0 aromatic carbocycles. The van der Waals surface area contributed by atoms with Crippen LogP contribution in [0.5, 0.6) is 0 Å². The van der Waals surface area contributed by atoms with Crippen LogP contribution >= 0.6 is 11.3 Å². The van der Waals surface area contributed by atoms with Gasteiger partial charge in [0, 0.05) is 9.75 Å². The number of nitrogens with one attached hydrogen (secondary N) is 2. The van der Waals surface area contributed by atoms with Crippen LogP contribution in [0.4, 0.5) is 0 Å². The van der Waals surface area contributed by atoms with Crippen LogP contribution in [-0.2, 0) is 11.3 Å². The van der Waals surface area contributed by atoms with Gasteiger partial charge in [-0.25, -0.2) is 0 Å². The van der Waals surface area contributed by atoms with Crippen molar-refractivity contribution < 1.29 is 4.79 Å². The fraction of sp³-hybridized carbons (Fsp3) is 0.583. The number of hydrogen-bond acceptors (Lipinski definition) is 3. The van der Waals surface area contributed by atoms with E-state index in [1.54, 1.807) is 11.3 Å². The third-order valence-electron chi connectivity index (χ3n) is 2.86. The van der Waals surface area contributed by atoms with E-state index in [0.717, 1.165) is 19.4 Å². The highest BCUT2D eigenvalue weighted by molar-refractivity contribution is 7.11. The number of thiophene rings is 1. The molecular weight excluding hydrogens is 220 g/mol. The Morgan fingerprint density at radius 3 is 3.06 bits per heavy atom. The quantitative estimate of drug-likeness (QED) is 0.843. The van der Waals surface area contributed by atoms with Crippen LogP contribution in [0, 0.1) is 6.92 Å². The molecule has 1 fully saturated rings. The molecule has 1 atom stereocenters. The Hall–Kier alpha value is -0.870. The zero-order valence-corrected chi connectivity index (χ0v) is 10.4. The van der Waals surface area contributed by atoms with Crippen molar-refractivity contribution in [1.82, 2.24) is 10.6 Å². The van der Waals surface area contributed by atoms with Gasteiger partial charge < -0.3 is 10.6 Å². The molecule has 1 aliphatic rings. The highest BCUT2D eigenvalue weighted by Gasteiger charge is 2.19. The number of aryl methyl sites for hydroxylation is 1. The number of rotatable bonds is 3. The lowest BCUT2D eigenvalue weighted by Crippen LogP contribution is -2.46. The molecule has 88 valence electrons. The summed E-state index contributed by atoms with van der Waals surface area (Å²) in [4.78, 5) is 14.3. The number of piperidine rings is 1. The third-order valence-corrected chi connectivity index (χ3v) is 3.86. The lowest BCUT2D eigenvalue weighted by Gasteiger charge is -2.22. The summed E-state index contributed by atoms with van der Waals surface area (Å²) in [6.07, 6.45) is 3.31. The second-order valence-electron chi connectivity index (χ2n) is 4.23. The van der Waals surface area contributed by atoms with E-state index >= 15 is 0 Å². The van der Waals surface area contributed by atoms with Crippen LogP contribution in [0.25, 0.3) is 0 Å². The Morgan fingerprint density at radius 2 is 2.44 bits per heavy atom. The van der Waals surface area contributed by atoms with Crippen LogP contribution in [0.2, 0.25) is 0 Å². The molecule has 0 aliphatic carbocycles. The Bertz CT molecular complexity index is 356. The highest BCUT2D eigenvalue weighted by Crippen LogP contribution is 2.14. The van der Waals surface area contributed by atoms with Gasteiger partial charge in [0.25, 0.3) is 0 Å². The first-order chi connectivity index (χ1) is 7.75. The number of carbonyl (C=O) groups excluding carboxylic acids is 1. The van der Waals surface area contributed by atoms with Crippen molar-refractivity contribution in [1.29, 1.82) is 0 Å². The molecule has 0 unspecified atom stereocenters. The fourth-order valence-corrected chi connectivity index (χ4v) is 2.78. The number of hydrogen-bond donors (Lipinski definition) is 2. The highest BCUT2D eigenvalue weighted by atomic mass is 32.1. The molecule has 1 aromatic heterocycles. The molecule has 1 aromatic rings. The molecule has 0 radical (unpaired) electrons. The van der Waals surface area contributed by atoms with Gasteiger partial charge in [-0.3, -0.25) is 4.79 Å². The molecule has 0 bridgehead atoms. The predicted molar refractivity (Wildman–Crippen MR) is 66.5 cm³/mol. The van der Waals surface area contributed by atoms with Gasteiger partial charge in [0.15, 0.2) is 0 Å². The first-order valence-electron chi connectivity index (χ1n) is 5.82. The van der Waals surface area contributed by atoms with Gasteiger partial charge in [0.2, 0.25) is 5.91 Å². The second kappa shape index (κ2) is 5.46. The van der Waals surface area contributed by atoms with E-state index in [1.165, 1.54) is 16.2 Å². The standard InChI is InChI=1S/C12H18N2OS/c1-9-5-6-10(16-9)8-14-12(15)11-4-2-3-7-13-11/h5-6,11,13H,2-4,7-8H2,1H3,(H,14,15)/t11-/m0/s1. The van der Waals surface area contributed by atoms with Gasteiger partial charge in [0.1, 0.15) is 0 Å². The first kappa shape index (κ1) is 11.6. The summed E-state index contributed by atoms with van der Waals surface area (Å²) in [5.74, 6) is 0.144. The first-order valence-corrected chi connectivity index (χ1v) is 6.64. The zero-order chi connectivity index (χ0) is 11.4. The second-order valence-corrected chi connectivity index (χ2v) is 5.61. The lowest BCUT2D eigenvalue weighted by molar-refractivity contribution is -0.123. The van der Waals surface area contributed by atoms with Crippen LogP contribution in [0.15, 0.2) is 12.1 Å². The molecule has 0 saturated carbocycles. The summed E-state index contributed by atoms with van der Waals surface area (Å²) in [5.41, 5.74) is 0. The molecule has 4 heteroatoms. The molecule has 1 aliphatic heterocycles. The zero-order valence-electron chi connectivity index (χ0n) is 9.58. The summed E-state index contributed by atoms with van der Waals surface area (Å²) in [5, 5.41) is 6.24. The van der Waals surface area contributed by atoms with Crippen molar-refractivity contribution in [2.75, 3.05) is 6.54 Å². The summed E-state index contributed by atoms with van der Waals surface area (Å²) in [7, 11) is 0. The van der Waals surface area contributed by atoms with E-state index in [2.05, 4.69) is 29.7 Å². The van der Waals surface area contributed by atoms with Crippen molar-refractivity contribution in [3.8, 4) is 0 Å². The maximum absolute atomic E-state index is 11.8. The van der Waals surface area contributed by atoms with Crippen molar-refractivity contribution in [2.45, 2.75) is 38.8 Å². The fourth-order valence-electron chi connectivity index (χ4n) is 1.95.